The molecule has 84 valence electrons. The third-order valence-corrected chi connectivity index (χ3v) is 1.91. The molecule has 14 heavy (non-hydrogen) atoms. The first-order valence-electron chi connectivity index (χ1n) is 4.80. The lowest BCUT2D eigenvalue weighted by Gasteiger charge is -2.15. The summed E-state index contributed by atoms with van der Waals surface area (Å²) in [6.07, 6.45) is 0.447. The van der Waals surface area contributed by atoms with Crippen molar-refractivity contribution in [1.29, 1.82) is 0 Å². The highest BCUT2D eigenvalue weighted by atomic mass is 16.4. The third kappa shape index (κ3) is 7.97. The van der Waals surface area contributed by atoms with E-state index in [-0.39, 0.29) is 25.6 Å². The van der Waals surface area contributed by atoms with Crippen LogP contribution in [0.4, 0.5) is 0 Å². The second-order valence-corrected chi connectivity index (χ2v) is 3.43. The van der Waals surface area contributed by atoms with Gasteiger partial charge in [0.15, 0.2) is 0 Å². The quantitative estimate of drug-likeness (QED) is 0.432. The van der Waals surface area contributed by atoms with Crippen LogP contribution >= 0.6 is 0 Å². The number of nitrogens with one attached hydrogen (secondary N) is 1. The van der Waals surface area contributed by atoms with Crippen molar-refractivity contribution in [2.45, 2.75) is 38.3 Å². The van der Waals surface area contributed by atoms with Gasteiger partial charge in [-0.25, -0.2) is 0 Å². The lowest BCUT2D eigenvalue weighted by molar-refractivity contribution is -0.139. The topological polar surface area (TPSA) is 89.8 Å². The molecule has 2 unspecified atom stereocenters. The molecular formula is C9H19NO4. The highest BCUT2D eigenvalue weighted by molar-refractivity contribution is 5.67. The van der Waals surface area contributed by atoms with Crippen LogP contribution < -0.4 is 5.32 Å². The first-order chi connectivity index (χ1) is 6.56. The summed E-state index contributed by atoms with van der Waals surface area (Å²) in [5.41, 5.74) is 0. The fourth-order valence-corrected chi connectivity index (χ4v) is 1.11. The van der Waals surface area contributed by atoms with Crippen LogP contribution in [0.25, 0.3) is 0 Å². The molecule has 0 aromatic rings. The van der Waals surface area contributed by atoms with Gasteiger partial charge in [-0.3, -0.25) is 4.79 Å². The van der Waals surface area contributed by atoms with Crippen LogP contribution in [-0.2, 0) is 4.79 Å². The molecule has 2 atom stereocenters. The number of carbonyl (C=O) groups is 1. The van der Waals surface area contributed by atoms with Gasteiger partial charge in [0.05, 0.1) is 12.5 Å². The van der Waals surface area contributed by atoms with Crippen LogP contribution in [0.1, 0.15) is 26.2 Å². The van der Waals surface area contributed by atoms with E-state index in [2.05, 4.69) is 5.32 Å². The summed E-state index contributed by atoms with van der Waals surface area (Å²) in [4.78, 5) is 10.2. The predicted molar refractivity (Wildman–Crippen MR) is 52.0 cm³/mol. The summed E-state index contributed by atoms with van der Waals surface area (Å²) < 4.78 is 0. The molecule has 0 aromatic heterocycles. The Hall–Kier alpha value is -0.650. The number of rotatable bonds is 8. The average Bonchev–Trinajstić information content (AvgIpc) is 2.10. The van der Waals surface area contributed by atoms with Crippen molar-refractivity contribution in [1.82, 2.24) is 5.32 Å². The zero-order valence-corrected chi connectivity index (χ0v) is 8.44. The summed E-state index contributed by atoms with van der Waals surface area (Å²) in [5, 5.41) is 29.1. The highest BCUT2D eigenvalue weighted by Crippen LogP contribution is 1.96. The lowest BCUT2D eigenvalue weighted by Crippen LogP contribution is -2.34. The molecule has 0 saturated heterocycles. The Kier molecular flexibility index (Phi) is 7.37. The Morgan fingerprint density at radius 2 is 2.14 bits per heavy atom. The van der Waals surface area contributed by atoms with Crippen molar-refractivity contribution in [3.8, 4) is 0 Å². The summed E-state index contributed by atoms with van der Waals surface area (Å²) in [7, 11) is 0. The van der Waals surface area contributed by atoms with Gasteiger partial charge in [0, 0.05) is 19.2 Å². The monoisotopic (exact) mass is 205 g/mol. The Labute approximate surface area is 83.8 Å². The fraction of sp³-hybridized carbons (Fsp3) is 0.889. The van der Waals surface area contributed by atoms with E-state index in [4.69, 9.17) is 10.2 Å². The van der Waals surface area contributed by atoms with Gasteiger partial charge in [-0.15, -0.1) is 0 Å². The SMILES string of the molecule is CC(CCCO)NCC(O)CC(=O)O. The maximum absolute atomic E-state index is 10.2. The minimum Gasteiger partial charge on any atom is -0.481 e. The Balaban J connectivity index is 3.45. The molecule has 0 spiro atoms. The molecule has 0 aliphatic heterocycles. The Morgan fingerprint density at radius 3 is 2.64 bits per heavy atom. The second kappa shape index (κ2) is 7.73. The molecule has 0 rings (SSSR count). The third-order valence-electron chi connectivity index (χ3n) is 1.91. The molecule has 5 nitrogen and oxygen atoms in total. The maximum atomic E-state index is 10.2. The minimum atomic E-state index is -0.998. The van der Waals surface area contributed by atoms with Crippen LogP contribution in [0.15, 0.2) is 0 Å². The van der Waals surface area contributed by atoms with Crippen LogP contribution in [0.3, 0.4) is 0 Å². The number of aliphatic carboxylic acids is 1. The van der Waals surface area contributed by atoms with E-state index < -0.39 is 12.1 Å². The molecule has 0 fully saturated rings. The maximum Gasteiger partial charge on any atom is 0.306 e. The second-order valence-electron chi connectivity index (χ2n) is 3.43. The van der Waals surface area contributed by atoms with E-state index >= 15 is 0 Å². The van der Waals surface area contributed by atoms with Gasteiger partial charge in [0.2, 0.25) is 0 Å². The molecule has 0 amide bonds. The molecule has 5 heteroatoms. The van der Waals surface area contributed by atoms with Crippen molar-refractivity contribution in [3.05, 3.63) is 0 Å². The molecule has 4 N–H and O–H groups in total. The van der Waals surface area contributed by atoms with Gasteiger partial charge in [-0.05, 0) is 19.8 Å². The molecule has 0 aliphatic carbocycles. The first-order valence-corrected chi connectivity index (χ1v) is 4.80. The zero-order valence-electron chi connectivity index (χ0n) is 8.44. The van der Waals surface area contributed by atoms with Crippen LogP contribution in [-0.4, -0.2) is 46.6 Å². The van der Waals surface area contributed by atoms with Crippen molar-refractivity contribution in [3.63, 3.8) is 0 Å². The van der Waals surface area contributed by atoms with E-state index in [9.17, 15) is 9.90 Å². The van der Waals surface area contributed by atoms with Crippen LogP contribution in [0.5, 0.6) is 0 Å². The van der Waals surface area contributed by atoms with Crippen molar-refractivity contribution in [2.75, 3.05) is 13.2 Å². The van der Waals surface area contributed by atoms with Gasteiger partial charge < -0.3 is 20.6 Å². The highest BCUT2D eigenvalue weighted by Gasteiger charge is 2.10. The van der Waals surface area contributed by atoms with E-state index in [1.54, 1.807) is 0 Å². The molecular weight excluding hydrogens is 186 g/mol. The largest absolute Gasteiger partial charge is 0.481 e. The normalized spacial score (nSPS) is 15.1. The molecule has 0 heterocycles. The van der Waals surface area contributed by atoms with Crippen molar-refractivity contribution >= 4 is 5.97 Å². The summed E-state index contributed by atoms with van der Waals surface area (Å²) in [6, 6.07) is 0.186. The number of hydrogen-bond acceptors (Lipinski definition) is 4. The number of hydrogen-bond donors (Lipinski definition) is 4. The Morgan fingerprint density at radius 1 is 1.50 bits per heavy atom. The average molecular weight is 205 g/mol. The standard InChI is InChI=1S/C9H19NO4/c1-7(3-2-4-11)10-6-8(12)5-9(13)14/h7-8,10-12H,2-6H2,1H3,(H,13,14). The van der Waals surface area contributed by atoms with Gasteiger partial charge in [0.25, 0.3) is 0 Å². The molecule has 0 bridgehead atoms. The van der Waals surface area contributed by atoms with E-state index in [0.717, 1.165) is 6.42 Å². The lowest BCUT2D eigenvalue weighted by atomic mass is 10.1. The number of aliphatic hydroxyl groups excluding tert-OH is 2. The van der Waals surface area contributed by atoms with Gasteiger partial charge in [-0.1, -0.05) is 0 Å². The molecule has 0 radical (unpaired) electrons. The van der Waals surface area contributed by atoms with Gasteiger partial charge in [-0.2, -0.15) is 0 Å². The van der Waals surface area contributed by atoms with Crippen LogP contribution in [0, 0.1) is 0 Å². The first kappa shape index (κ1) is 13.4. The number of carboxylic acid groups (broad SMARTS) is 1. The van der Waals surface area contributed by atoms with E-state index in [1.165, 1.54) is 0 Å². The summed E-state index contributed by atoms with van der Waals surface area (Å²) in [5.74, 6) is -0.998. The summed E-state index contributed by atoms with van der Waals surface area (Å²) in [6.45, 7) is 2.37. The Bertz CT molecular complexity index is 163. The zero-order chi connectivity index (χ0) is 11.0. The molecule has 0 aliphatic rings. The number of aliphatic hydroxyl groups is 2. The fourth-order valence-electron chi connectivity index (χ4n) is 1.11. The van der Waals surface area contributed by atoms with Gasteiger partial charge >= 0.3 is 5.97 Å². The smallest absolute Gasteiger partial charge is 0.306 e. The summed E-state index contributed by atoms with van der Waals surface area (Å²) >= 11 is 0. The predicted octanol–water partition coefficient (Wildman–Crippen LogP) is -0.427. The van der Waals surface area contributed by atoms with E-state index in [0.29, 0.717) is 6.42 Å². The minimum absolute atomic E-state index is 0.156. The van der Waals surface area contributed by atoms with E-state index in [1.807, 2.05) is 6.92 Å². The van der Waals surface area contributed by atoms with Crippen molar-refractivity contribution < 1.29 is 20.1 Å². The number of carboxylic acids is 1. The van der Waals surface area contributed by atoms with Gasteiger partial charge in [0.1, 0.15) is 0 Å². The molecule has 0 aromatic carbocycles. The van der Waals surface area contributed by atoms with Crippen molar-refractivity contribution in [2.24, 2.45) is 0 Å². The molecule has 0 saturated carbocycles. The van der Waals surface area contributed by atoms with Crippen LogP contribution in [0.2, 0.25) is 0 Å².